The number of nitrogens with zero attached hydrogens (tertiary/aromatic N) is 3. The highest BCUT2D eigenvalue weighted by Crippen LogP contribution is 2.14. The van der Waals surface area contributed by atoms with E-state index < -0.39 is 0 Å². The van der Waals surface area contributed by atoms with Gasteiger partial charge < -0.3 is 14.6 Å². The molecule has 0 aliphatic rings. The number of rotatable bonds is 5. The Morgan fingerprint density at radius 3 is 2.62 bits per heavy atom. The second-order valence-corrected chi connectivity index (χ2v) is 6.24. The zero-order valence-corrected chi connectivity index (χ0v) is 14.3. The van der Waals surface area contributed by atoms with Crippen LogP contribution >= 0.6 is 0 Å². The Bertz CT molecular complexity index is 849. The average molecular weight is 322 g/mol. The predicted octanol–water partition coefficient (Wildman–Crippen LogP) is 2.63. The summed E-state index contributed by atoms with van der Waals surface area (Å²) in [4.78, 5) is 19.2. The Hall–Kier alpha value is -2.66. The smallest absolute Gasteiger partial charge is 0.272 e. The lowest BCUT2D eigenvalue weighted by atomic mass is 10.1. The molecule has 5 heteroatoms. The number of carbonyl (C=O) groups is 1. The highest BCUT2D eigenvalue weighted by atomic mass is 16.1. The van der Waals surface area contributed by atoms with Crippen LogP contribution in [-0.4, -0.2) is 34.3 Å². The van der Waals surface area contributed by atoms with Crippen LogP contribution in [0.1, 0.15) is 27.3 Å². The van der Waals surface area contributed by atoms with Gasteiger partial charge in [-0.15, -0.1) is 0 Å². The Kier molecular flexibility index (Phi) is 4.62. The lowest BCUT2D eigenvalue weighted by Crippen LogP contribution is -2.25. The topological polar surface area (TPSA) is 49.6 Å². The van der Waals surface area contributed by atoms with Crippen molar-refractivity contribution in [1.29, 1.82) is 0 Å². The summed E-state index contributed by atoms with van der Waals surface area (Å²) >= 11 is 0. The second kappa shape index (κ2) is 6.84. The van der Waals surface area contributed by atoms with Gasteiger partial charge in [-0.3, -0.25) is 4.79 Å². The van der Waals surface area contributed by atoms with Crippen LogP contribution in [0, 0.1) is 6.92 Å². The normalized spacial score (nSPS) is 11.2. The van der Waals surface area contributed by atoms with Crippen LogP contribution < -0.4 is 5.32 Å². The Labute approximate surface area is 141 Å². The number of pyridine rings is 1. The van der Waals surface area contributed by atoms with Crippen molar-refractivity contribution >= 4 is 11.6 Å². The van der Waals surface area contributed by atoms with Crippen molar-refractivity contribution in [2.45, 2.75) is 20.0 Å². The fourth-order valence-corrected chi connectivity index (χ4v) is 2.65. The van der Waals surface area contributed by atoms with Crippen molar-refractivity contribution in [3.8, 4) is 0 Å². The molecular weight excluding hydrogens is 300 g/mol. The molecule has 0 bridgehead atoms. The average Bonchev–Trinajstić information content (AvgIpc) is 2.92. The van der Waals surface area contributed by atoms with Gasteiger partial charge in [-0.25, -0.2) is 4.98 Å². The second-order valence-electron chi connectivity index (χ2n) is 6.24. The summed E-state index contributed by atoms with van der Waals surface area (Å²) in [6.07, 6.45) is 1.94. The summed E-state index contributed by atoms with van der Waals surface area (Å²) in [6, 6.07) is 13.9. The van der Waals surface area contributed by atoms with Gasteiger partial charge in [0.05, 0.1) is 5.69 Å². The number of imidazole rings is 1. The highest BCUT2D eigenvalue weighted by Gasteiger charge is 2.18. The molecule has 0 saturated heterocycles. The summed E-state index contributed by atoms with van der Waals surface area (Å²) in [5.41, 5.74) is 4.46. The van der Waals surface area contributed by atoms with E-state index in [2.05, 4.69) is 10.3 Å². The van der Waals surface area contributed by atoms with Crippen LogP contribution in [0.4, 0.5) is 0 Å². The predicted molar refractivity (Wildman–Crippen MR) is 94.9 cm³/mol. The molecule has 3 aromatic rings. The lowest BCUT2D eigenvalue weighted by molar-refractivity contribution is 0.0944. The number of hydrogen-bond acceptors (Lipinski definition) is 3. The number of hydrogen-bond donors (Lipinski definition) is 1. The molecule has 5 nitrogen and oxygen atoms in total. The van der Waals surface area contributed by atoms with Crippen molar-refractivity contribution < 1.29 is 4.79 Å². The number of amides is 1. The summed E-state index contributed by atoms with van der Waals surface area (Å²) in [5, 5.41) is 2.98. The van der Waals surface area contributed by atoms with Gasteiger partial charge in [0.25, 0.3) is 5.91 Å². The van der Waals surface area contributed by atoms with Gasteiger partial charge in [-0.2, -0.15) is 0 Å². The SMILES string of the molecule is Cc1ccc(CNC(=O)c2nc3ccccn3c2CN(C)C)cc1. The molecule has 0 unspecified atom stereocenters. The van der Waals surface area contributed by atoms with E-state index >= 15 is 0 Å². The summed E-state index contributed by atoms with van der Waals surface area (Å²) in [6.45, 7) is 3.19. The fraction of sp³-hybridized carbons (Fsp3) is 0.263. The van der Waals surface area contributed by atoms with Crippen molar-refractivity contribution in [1.82, 2.24) is 19.6 Å². The summed E-state index contributed by atoms with van der Waals surface area (Å²) < 4.78 is 1.97. The van der Waals surface area contributed by atoms with Gasteiger partial charge >= 0.3 is 0 Å². The Morgan fingerprint density at radius 2 is 1.92 bits per heavy atom. The van der Waals surface area contributed by atoms with Crippen LogP contribution in [0.15, 0.2) is 48.7 Å². The minimum atomic E-state index is -0.142. The number of carbonyl (C=O) groups excluding carboxylic acids is 1. The number of nitrogens with one attached hydrogen (secondary N) is 1. The van der Waals surface area contributed by atoms with E-state index in [0.29, 0.717) is 18.8 Å². The van der Waals surface area contributed by atoms with Crippen LogP contribution in [0.2, 0.25) is 0 Å². The summed E-state index contributed by atoms with van der Waals surface area (Å²) in [5.74, 6) is -0.142. The van der Waals surface area contributed by atoms with Crippen molar-refractivity contribution in [2.75, 3.05) is 14.1 Å². The third-order valence-corrected chi connectivity index (χ3v) is 3.88. The first-order chi connectivity index (χ1) is 11.5. The van der Waals surface area contributed by atoms with Gasteiger partial charge in [0.15, 0.2) is 5.69 Å². The van der Waals surface area contributed by atoms with Gasteiger partial charge in [0.2, 0.25) is 0 Å². The zero-order chi connectivity index (χ0) is 17.1. The van der Waals surface area contributed by atoms with E-state index in [1.54, 1.807) is 0 Å². The standard InChI is InChI=1S/C19H22N4O/c1-14-7-9-15(10-8-14)12-20-19(24)18-16(13-22(2)3)23-11-5-4-6-17(23)21-18/h4-11H,12-13H2,1-3H3,(H,20,24). The minimum absolute atomic E-state index is 0.142. The molecule has 24 heavy (non-hydrogen) atoms. The quantitative estimate of drug-likeness (QED) is 0.785. The Balaban J connectivity index is 1.84. The molecule has 1 N–H and O–H groups in total. The first kappa shape index (κ1) is 16.2. The maximum absolute atomic E-state index is 12.7. The molecule has 0 atom stereocenters. The fourth-order valence-electron chi connectivity index (χ4n) is 2.65. The first-order valence-corrected chi connectivity index (χ1v) is 7.99. The number of fused-ring (bicyclic) bond motifs is 1. The minimum Gasteiger partial charge on any atom is -0.347 e. The molecule has 2 aromatic heterocycles. The van der Waals surface area contributed by atoms with Crippen molar-refractivity contribution in [3.05, 3.63) is 71.2 Å². The first-order valence-electron chi connectivity index (χ1n) is 7.99. The maximum Gasteiger partial charge on any atom is 0.272 e. The molecule has 0 spiro atoms. The molecular formula is C19H22N4O. The molecule has 0 saturated carbocycles. The van der Waals surface area contributed by atoms with Crippen molar-refractivity contribution in [3.63, 3.8) is 0 Å². The molecule has 3 rings (SSSR count). The number of benzene rings is 1. The monoisotopic (exact) mass is 322 g/mol. The largest absolute Gasteiger partial charge is 0.347 e. The van der Waals surface area contributed by atoms with E-state index in [9.17, 15) is 4.79 Å². The van der Waals surface area contributed by atoms with E-state index in [4.69, 9.17) is 0 Å². The molecule has 1 amide bonds. The van der Waals surface area contributed by atoms with Crippen LogP contribution in [0.3, 0.4) is 0 Å². The van der Waals surface area contributed by atoms with Crippen LogP contribution in [0.25, 0.3) is 5.65 Å². The van der Waals surface area contributed by atoms with Gasteiger partial charge in [0, 0.05) is 19.3 Å². The van der Waals surface area contributed by atoms with Gasteiger partial charge in [-0.1, -0.05) is 35.9 Å². The number of aryl methyl sites for hydroxylation is 1. The van der Waals surface area contributed by atoms with Gasteiger partial charge in [0.1, 0.15) is 5.65 Å². The molecule has 124 valence electrons. The van der Waals surface area contributed by atoms with Gasteiger partial charge in [-0.05, 0) is 38.7 Å². The molecule has 1 aromatic carbocycles. The molecule has 2 heterocycles. The van der Waals surface area contributed by atoms with E-state index in [1.807, 2.05) is 79.0 Å². The molecule has 0 fully saturated rings. The molecule has 0 aliphatic carbocycles. The third-order valence-electron chi connectivity index (χ3n) is 3.88. The van der Waals surface area contributed by atoms with E-state index in [-0.39, 0.29) is 5.91 Å². The molecule has 0 aliphatic heterocycles. The maximum atomic E-state index is 12.7. The van der Waals surface area contributed by atoms with Crippen molar-refractivity contribution in [2.24, 2.45) is 0 Å². The summed E-state index contributed by atoms with van der Waals surface area (Å²) in [7, 11) is 3.96. The zero-order valence-electron chi connectivity index (χ0n) is 14.3. The Morgan fingerprint density at radius 1 is 1.17 bits per heavy atom. The third kappa shape index (κ3) is 3.46. The highest BCUT2D eigenvalue weighted by molar-refractivity contribution is 5.94. The number of aromatic nitrogens is 2. The van der Waals surface area contributed by atoms with Crippen LogP contribution in [0.5, 0.6) is 0 Å². The van der Waals surface area contributed by atoms with E-state index in [0.717, 1.165) is 16.9 Å². The van der Waals surface area contributed by atoms with E-state index in [1.165, 1.54) is 5.56 Å². The molecule has 0 radical (unpaired) electrons. The van der Waals surface area contributed by atoms with Crippen LogP contribution in [-0.2, 0) is 13.1 Å². The lowest BCUT2D eigenvalue weighted by Gasteiger charge is -2.11.